The molecule has 0 unspecified atom stereocenters. The lowest BCUT2D eigenvalue weighted by molar-refractivity contribution is -0.160. The topological polar surface area (TPSA) is 118 Å². The van der Waals surface area contributed by atoms with Crippen molar-refractivity contribution in [1.82, 2.24) is 19.6 Å². The molecule has 0 amide bonds. The summed E-state index contributed by atoms with van der Waals surface area (Å²) >= 11 is 0. The van der Waals surface area contributed by atoms with E-state index in [1.165, 1.54) is 0 Å². The van der Waals surface area contributed by atoms with E-state index in [0.29, 0.717) is 58.8 Å². The summed E-state index contributed by atoms with van der Waals surface area (Å²) in [5.41, 5.74) is -2.41. The molecule has 0 aromatic rings. The van der Waals surface area contributed by atoms with Crippen molar-refractivity contribution in [3.63, 3.8) is 0 Å². The van der Waals surface area contributed by atoms with Gasteiger partial charge in [0.25, 0.3) is 0 Å². The predicted molar refractivity (Wildman–Crippen MR) is 174 cm³/mol. The predicted octanol–water partition coefficient (Wildman–Crippen LogP) is 2.96. The highest BCUT2D eigenvalue weighted by Crippen LogP contribution is 2.12. The lowest BCUT2D eigenvalue weighted by atomic mass is 10.2. The number of ether oxygens (including phenoxy) is 4. The van der Waals surface area contributed by atoms with E-state index < -0.39 is 34.3 Å². The minimum atomic E-state index is -0.631. The fourth-order valence-corrected chi connectivity index (χ4v) is 4.68. The molecule has 1 saturated heterocycles. The normalized spacial score (nSPS) is 16.8. The van der Waals surface area contributed by atoms with Crippen molar-refractivity contribution in [2.75, 3.05) is 78.5 Å². The van der Waals surface area contributed by atoms with Crippen LogP contribution in [-0.4, -0.2) is 144 Å². The van der Waals surface area contributed by atoms with E-state index in [-0.39, 0.29) is 38.1 Å². The first-order valence-corrected chi connectivity index (χ1v) is 16.2. The molecule has 0 atom stereocenters. The highest BCUT2D eigenvalue weighted by atomic mass is 16.6. The summed E-state index contributed by atoms with van der Waals surface area (Å²) in [6.45, 7) is 27.3. The molecular weight excluding hydrogens is 580 g/mol. The van der Waals surface area contributed by atoms with E-state index in [0.717, 1.165) is 0 Å². The molecule has 0 aromatic heterocycles. The number of carbonyl (C=O) groups is 4. The molecule has 0 N–H and O–H groups in total. The van der Waals surface area contributed by atoms with Crippen LogP contribution in [0.1, 0.15) is 89.5 Å². The smallest absolute Gasteiger partial charge is 0.320 e. The van der Waals surface area contributed by atoms with Crippen LogP contribution in [0.25, 0.3) is 0 Å². The van der Waals surface area contributed by atoms with Crippen LogP contribution in [0.4, 0.5) is 0 Å². The van der Waals surface area contributed by atoms with Crippen LogP contribution in [0.2, 0.25) is 0 Å². The van der Waals surface area contributed by atoms with E-state index in [9.17, 15) is 19.2 Å². The molecule has 262 valence electrons. The zero-order valence-corrected chi connectivity index (χ0v) is 30.2. The highest BCUT2D eigenvalue weighted by Gasteiger charge is 2.26. The monoisotopic (exact) mass is 642 g/mol. The number of carbonyl (C=O) groups excluding carboxylic acids is 4. The number of nitrogens with zero attached hydrogens (tertiary/aromatic N) is 4. The summed E-state index contributed by atoms with van der Waals surface area (Å²) in [5, 5.41) is 0. The minimum absolute atomic E-state index is 0.0240. The average Bonchev–Trinajstić information content (AvgIpc) is 2.85. The van der Waals surface area contributed by atoms with Crippen molar-refractivity contribution >= 4 is 23.9 Å². The number of hydrogen-bond acceptors (Lipinski definition) is 12. The van der Waals surface area contributed by atoms with Crippen molar-refractivity contribution in [1.29, 1.82) is 0 Å². The summed E-state index contributed by atoms with van der Waals surface area (Å²) in [7, 11) is 0. The van der Waals surface area contributed by atoms with Crippen LogP contribution in [0.5, 0.6) is 0 Å². The average molecular weight is 643 g/mol. The Hall–Kier alpha value is -2.28. The van der Waals surface area contributed by atoms with Gasteiger partial charge in [0.1, 0.15) is 22.4 Å². The third-order valence-corrected chi connectivity index (χ3v) is 6.24. The molecule has 0 aromatic carbocycles. The molecule has 0 spiro atoms. The molecule has 12 heteroatoms. The van der Waals surface area contributed by atoms with E-state index in [4.69, 9.17) is 18.9 Å². The van der Waals surface area contributed by atoms with E-state index >= 15 is 0 Å². The first kappa shape index (κ1) is 40.7. The Morgan fingerprint density at radius 1 is 0.489 bits per heavy atom. The van der Waals surface area contributed by atoms with Crippen LogP contribution in [0.15, 0.2) is 0 Å². The van der Waals surface area contributed by atoms with Gasteiger partial charge in [-0.2, -0.15) is 0 Å². The maximum Gasteiger partial charge on any atom is 0.320 e. The van der Waals surface area contributed by atoms with Crippen molar-refractivity contribution in [2.24, 2.45) is 0 Å². The Bertz CT molecular complexity index is 888. The maximum absolute atomic E-state index is 12.7. The summed E-state index contributed by atoms with van der Waals surface area (Å²) in [5.74, 6) is -1.37. The standard InChI is InChI=1S/C33H62N4O8/c1-30(2,3)42-26(38)22-35-18-16-34(17-19-36(21-20-35)23-27(39)43-31(4,5)6)14-13-15-37(24-28(40)44-32(7,8)9)25-29(41)45-33(10,11)12/h13-25H2,1-12H3. The van der Waals surface area contributed by atoms with Crippen molar-refractivity contribution in [2.45, 2.75) is 112 Å². The molecule has 45 heavy (non-hydrogen) atoms. The van der Waals surface area contributed by atoms with E-state index in [1.54, 1.807) is 4.90 Å². The highest BCUT2D eigenvalue weighted by molar-refractivity contribution is 5.75. The third-order valence-electron chi connectivity index (χ3n) is 6.24. The first-order chi connectivity index (χ1) is 20.4. The van der Waals surface area contributed by atoms with E-state index in [1.807, 2.05) is 83.1 Å². The molecule has 0 bridgehead atoms. The van der Waals surface area contributed by atoms with Crippen LogP contribution in [0.3, 0.4) is 0 Å². The van der Waals surface area contributed by atoms with Gasteiger partial charge in [0.05, 0.1) is 26.2 Å². The van der Waals surface area contributed by atoms with Gasteiger partial charge in [-0.05, 0) is 96.1 Å². The Morgan fingerprint density at radius 3 is 1.09 bits per heavy atom. The summed E-state index contributed by atoms with van der Waals surface area (Å²) in [4.78, 5) is 58.8. The third kappa shape index (κ3) is 22.0. The molecule has 0 saturated carbocycles. The summed E-state index contributed by atoms with van der Waals surface area (Å²) < 4.78 is 22.2. The van der Waals surface area contributed by atoms with Gasteiger partial charge in [-0.3, -0.25) is 33.9 Å². The molecule has 12 nitrogen and oxygen atoms in total. The van der Waals surface area contributed by atoms with Crippen LogP contribution >= 0.6 is 0 Å². The maximum atomic E-state index is 12.7. The lowest BCUT2D eigenvalue weighted by Gasteiger charge is -2.28. The van der Waals surface area contributed by atoms with Gasteiger partial charge in [-0.1, -0.05) is 0 Å². The number of esters is 4. The molecule has 1 aliphatic rings. The van der Waals surface area contributed by atoms with Crippen LogP contribution in [0, 0.1) is 0 Å². The Balaban J connectivity index is 2.97. The van der Waals surface area contributed by atoms with Gasteiger partial charge in [-0.15, -0.1) is 0 Å². The van der Waals surface area contributed by atoms with Crippen LogP contribution in [-0.2, 0) is 38.1 Å². The zero-order chi connectivity index (χ0) is 34.6. The second kappa shape index (κ2) is 17.6. The Morgan fingerprint density at radius 2 is 0.778 bits per heavy atom. The summed E-state index contributed by atoms with van der Waals surface area (Å²) in [6, 6.07) is 0. The zero-order valence-electron chi connectivity index (χ0n) is 30.2. The molecule has 1 fully saturated rings. The van der Waals surface area contributed by atoms with Gasteiger partial charge < -0.3 is 23.8 Å². The molecular formula is C33H62N4O8. The van der Waals surface area contributed by atoms with Crippen molar-refractivity contribution in [3.05, 3.63) is 0 Å². The second-order valence-corrected chi connectivity index (χ2v) is 15.8. The molecule has 0 radical (unpaired) electrons. The van der Waals surface area contributed by atoms with Gasteiger partial charge in [-0.25, -0.2) is 0 Å². The van der Waals surface area contributed by atoms with Gasteiger partial charge in [0.2, 0.25) is 0 Å². The largest absolute Gasteiger partial charge is 0.459 e. The fraction of sp³-hybridized carbons (Fsp3) is 0.879. The van der Waals surface area contributed by atoms with Gasteiger partial charge >= 0.3 is 23.9 Å². The first-order valence-electron chi connectivity index (χ1n) is 16.2. The van der Waals surface area contributed by atoms with Gasteiger partial charge in [0, 0.05) is 45.8 Å². The van der Waals surface area contributed by atoms with Crippen LogP contribution < -0.4 is 0 Å². The molecule has 1 heterocycles. The van der Waals surface area contributed by atoms with Crippen molar-refractivity contribution in [3.8, 4) is 0 Å². The summed E-state index contributed by atoms with van der Waals surface area (Å²) in [6.07, 6.45) is 0.684. The Kier molecular flexibility index (Phi) is 15.9. The lowest BCUT2D eigenvalue weighted by Crippen LogP contribution is -2.42. The molecule has 0 aliphatic carbocycles. The van der Waals surface area contributed by atoms with Gasteiger partial charge in [0.15, 0.2) is 0 Å². The molecule has 1 rings (SSSR count). The number of hydrogen-bond donors (Lipinski definition) is 0. The fourth-order valence-electron chi connectivity index (χ4n) is 4.68. The van der Waals surface area contributed by atoms with Crippen molar-refractivity contribution < 1.29 is 38.1 Å². The minimum Gasteiger partial charge on any atom is -0.459 e. The quantitative estimate of drug-likeness (QED) is 0.230. The molecule has 1 aliphatic heterocycles. The SMILES string of the molecule is CC(C)(C)OC(=O)CN1CCN(CCCN(CC(=O)OC(C)(C)C)CC(=O)OC(C)(C)C)CCN(CC(=O)OC(C)(C)C)CC1. The van der Waals surface area contributed by atoms with E-state index in [2.05, 4.69) is 14.7 Å². The second-order valence-electron chi connectivity index (χ2n) is 15.8. The number of rotatable bonds is 12. The Labute approximate surface area is 272 Å².